The van der Waals surface area contributed by atoms with Gasteiger partial charge in [-0.3, -0.25) is 0 Å². The second-order valence-corrected chi connectivity index (χ2v) is 8.04. The number of allylic oxidation sites excluding steroid dienone is 2. The van der Waals surface area contributed by atoms with Crippen molar-refractivity contribution >= 4 is 18.2 Å². The monoisotopic (exact) mass is 362 g/mol. The van der Waals surface area contributed by atoms with Crippen molar-refractivity contribution in [2.24, 2.45) is 17.8 Å². The molecule has 1 saturated carbocycles. The maximum absolute atomic E-state index is 14.3. The van der Waals surface area contributed by atoms with Crippen molar-refractivity contribution in [1.29, 1.82) is 0 Å². The van der Waals surface area contributed by atoms with E-state index in [9.17, 15) is 8.78 Å². The summed E-state index contributed by atoms with van der Waals surface area (Å²) in [6.07, 6.45) is 12.7. The van der Waals surface area contributed by atoms with Crippen molar-refractivity contribution in [2.45, 2.75) is 64.7 Å². The van der Waals surface area contributed by atoms with Gasteiger partial charge in [0.1, 0.15) is 0 Å². The van der Waals surface area contributed by atoms with Crippen LogP contribution in [0.4, 0.5) is 8.78 Å². The van der Waals surface area contributed by atoms with Gasteiger partial charge in [0, 0.05) is 11.0 Å². The molecule has 1 aromatic rings. The standard InChI is InChI=1S/C21H29BF2O2/c1-2-3-14-4-6-15(7-5-14)16-8-10-17(11-9-16)18-12-13-19(22(25)26)21(24)20(18)23/h10,12-16,25-26H,2-9,11H2,1H3. The first-order valence-corrected chi connectivity index (χ1v) is 10.0. The Morgan fingerprint density at radius 2 is 1.73 bits per heavy atom. The van der Waals surface area contributed by atoms with E-state index in [1.807, 2.05) is 0 Å². The third kappa shape index (κ3) is 4.20. The second kappa shape index (κ2) is 8.66. The van der Waals surface area contributed by atoms with Crippen molar-refractivity contribution in [3.05, 3.63) is 35.4 Å². The van der Waals surface area contributed by atoms with Crippen molar-refractivity contribution in [2.75, 3.05) is 0 Å². The summed E-state index contributed by atoms with van der Waals surface area (Å²) in [6, 6.07) is 2.73. The van der Waals surface area contributed by atoms with Crippen LogP contribution >= 0.6 is 0 Å². The Balaban J connectivity index is 1.64. The molecule has 0 radical (unpaired) electrons. The zero-order chi connectivity index (χ0) is 18.7. The zero-order valence-electron chi connectivity index (χ0n) is 15.6. The quantitative estimate of drug-likeness (QED) is 0.761. The molecule has 0 aromatic heterocycles. The van der Waals surface area contributed by atoms with Crippen molar-refractivity contribution in [3.63, 3.8) is 0 Å². The predicted molar refractivity (Wildman–Crippen MR) is 102 cm³/mol. The van der Waals surface area contributed by atoms with Gasteiger partial charge in [0.05, 0.1) is 0 Å². The van der Waals surface area contributed by atoms with Gasteiger partial charge < -0.3 is 10.0 Å². The fourth-order valence-electron chi connectivity index (χ4n) is 4.90. The fourth-order valence-corrected chi connectivity index (χ4v) is 4.90. The summed E-state index contributed by atoms with van der Waals surface area (Å²) >= 11 is 0. The van der Waals surface area contributed by atoms with Gasteiger partial charge in [0.15, 0.2) is 11.6 Å². The Morgan fingerprint density at radius 1 is 1.00 bits per heavy atom. The Bertz CT molecular complexity index is 652. The van der Waals surface area contributed by atoms with Gasteiger partial charge in [-0.25, -0.2) is 8.78 Å². The molecule has 0 heterocycles. The highest BCUT2D eigenvalue weighted by atomic mass is 19.2. The van der Waals surface area contributed by atoms with Crippen molar-refractivity contribution < 1.29 is 18.8 Å². The highest BCUT2D eigenvalue weighted by Gasteiger charge is 2.29. The maximum Gasteiger partial charge on any atom is 0.491 e. The summed E-state index contributed by atoms with van der Waals surface area (Å²) in [5.74, 6) is 0.209. The minimum Gasteiger partial charge on any atom is -0.423 e. The van der Waals surface area contributed by atoms with Gasteiger partial charge in [-0.05, 0) is 55.4 Å². The van der Waals surface area contributed by atoms with Crippen molar-refractivity contribution in [1.82, 2.24) is 0 Å². The molecule has 0 aliphatic heterocycles. The summed E-state index contributed by atoms with van der Waals surface area (Å²) in [6.45, 7) is 2.26. The van der Waals surface area contributed by atoms with E-state index >= 15 is 0 Å². The molecular formula is C21H29BF2O2. The van der Waals surface area contributed by atoms with E-state index in [0.717, 1.165) is 36.7 Å². The lowest BCUT2D eigenvalue weighted by Gasteiger charge is -2.35. The average Bonchev–Trinajstić information content (AvgIpc) is 2.65. The fraction of sp³-hybridized carbons (Fsp3) is 0.619. The molecule has 0 spiro atoms. The molecule has 2 aliphatic rings. The molecule has 2 aliphatic carbocycles. The molecule has 26 heavy (non-hydrogen) atoms. The lowest BCUT2D eigenvalue weighted by atomic mass is 9.70. The molecule has 1 aromatic carbocycles. The molecule has 5 heteroatoms. The van der Waals surface area contributed by atoms with E-state index in [1.54, 1.807) is 0 Å². The summed E-state index contributed by atoms with van der Waals surface area (Å²) in [7, 11) is -1.99. The Hall–Kier alpha value is -1.20. The van der Waals surface area contributed by atoms with Crippen LogP contribution in [0, 0.1) is 29.4 Å². The Morgan fingerprint density at radius 3 is 2.31 bits per heavy atom. The van der Waals surface area contributed by atoms with Crippen LogP contribution in [-0.4, -0.2) is 17.2 Å². The highest BCUT2D eigenvalue weighted by molar-refractivity contribution is 6.58. The van der Waals surface area contributed by atoms with E-state index in [2.05, 4.69) is 13.0 Å². The smallest absolute Gasteiger partial charge is 0.423 e. The normalized spacial score (nSPS) is 26.5. The van der Waals surface area contributed by atoms with Gasteiger partial charge in [0.2, 0.25) is 0 Å². The van der Waals surface area contributed by atoms with Gasteiger partial charge >= 0.3 is 7.12 Å². The summed E-state index contributed by atoms with van der Waals surface area (Å²) in [4.78, 5) is 0. The molecule has 0 bridgehead atoms. The number of rotatable bonds is 5. The van der Waals surface area contributed by atoms with Crippen LogP contribution in [0.2, 0.25) is 0 Å². The van der Waals surface area contributed by atoms with Crippen LogP contribution in [0.3, 0.4) is 0 Å². The molecule has 0 amide bonds. The first-order chi connectivity index (χ1) is 12.5. The molecule has 1 atom stereocenters. The minimum absolute atomic E-state index is 0.261. The first kappa shape index (κ1) is 19.6. The lowest BCUT2D eigenvalue weighted by Crippen LogP contribution is -2.33. The third-order valence-corrected chi connectivity index (χ3v) is 6.44. The van der Waals surface area contributed by atoms with E-state index in [-0.39, 0.29) is 5.56 Å². The highest BCUT2D eigenvalue weighted by Crippen LogP contribution is 2.42. The largest absolute Gasteiger partial charge is 0.491 e. The van der Waals surface area contributed by atoms with Crippen LogP contribution < -0.4 is 5.46 Å². The number of benzene rings is 1. The van der Waals surface area contributed by atoms with E-state index in [0.29, 0.717) is 5.92 Å². The van der Waals surface area contributed by atoms with Crippen LogP contribution in [0.15, 0.2) is 18.2 Å². The van der Waals surface area contributed by atoms with Gasteiger partial charge in [-0.2, -0.15) is 0 Å². The molecule has 2 N–H and O–H groups in total. The Labute approximate surface area is 155 Å². The molecule has 3 rings (SSSR count). The Kier molecular flexibility index (Phi) is 6.52. The average molecular weight is 362 g/mol. The molecule has 0 saturated heterocycles. The summed E-state index contributed by atoms with van der Waals surface area (Å²) in [5.41, 5.74) is 0.692. The van der Waals surface area contributed by atoms with Crippen LogP contribution in [0.5, 0.6) is 0 Å². The topological polar surface area (TPSA) is 40.5 Å². The lowest BCUT2D eigenvalue weighted by molar-refractivity contribution is 0.189. The molecule has 2 nitrogen and oxygen atoms in total. The van der Waals surface area contributed by atoms with E-state index < -0.39 is 24.2 Å². The van der Waals surface area contributed by atoms with Gasteiger partial charge in [-0.1, -0.05) is 50.8 Å². The number of hydrogen-bond acceptors (Lipinski definition) is 2. The minimum atomic E-state index is -1.99. The van der Waals surface area contributed by atoms with Crippen LogP contribution in [0.1, 0.15) is 70.3 Å². The molecule has 1 unspecified atom stereocenters. The number of halogens is 2. The van der Waals surface area contributed by atoms with E-state index in [1.165, 1.54) is 50.7 Å². The molecule has 142 valence electrons. The van der Waals surface area contributed by atoms with Gasteiger partial charge in [-0.15, -0.1) is 0 Å². The maximum atomic E-state index is 14.3. The van der Waals surface area contributed by atoms with E-state index in [4.69, 9.17) is 10.0 Å². The summed E-state index contributed by atoms with van der Waals surface area (Å²) in [5, 5.41) is 18.2. The first-order valence-electron chi connectivity index (χ1n) is 10.0. The molecule has 1 fully saturated rings. The molecular weight excluding hydrogens is 333 g/mol. The predicted octanol–water partition coefficient (Wildman–Crippen LogP) is 4.43. The van der Waals surface area contributed by atoms with Crippen molar-refractivity contribution in [3.8, 4) is 0 Å². The third-order valence-electron chi connectivity index (χ3n) is 6.44. The van der Waals surface area contributed by atoms with Crippen LogP contribution in [-0.2, 0) is 0 Å². The summed E-state index contributed by atoms with van der Waals surface area (Å²) < 4.78 is 28.3. The second-order valence-electron chi connectivity index (χ2n) is 8.04. The SMILES string of the molecule is CCCC1CCC(C2CC=C(c3ccc(B(O)O)c(F)c3F)CC2)CC1. The zero-order valence-corrected chi connectivity index (χ0v) is 15.6. The van der Waals surface area contributed by atoms with Gasteiger partial charge in [0.25, 0.3) is 0 Å². The number of hydrogen-bond donors (Lipinski definition) is 2. The van der Waals surface area contributed by atoms with Crippen LogP contribution in [0.25, 0.3) is 5.57 Å².